The molecule has 6 rings (SSSR count). The van der Waals surface area contributed by atoms with Crippen LogP contribution in [0.15, 0.2) is 48.5 Å². The van der Waals surface area contributed by atoms with Gasteiger partial charge >= 0.3 is 13.1 Å². The van der Waals surface area contributed by atoms with Crippen molar-refractivity contribution in [3.63, 3.8) is 0 Å². The van der Waals surface area contributed by atoms with Gasteiger partial charge in [0.15, 0.2) is 12.3 Å². The lowest BCUT2D eigenvalue weighted by molar-refractivity contribution is -0.199. The third-order valence-corrected chi connectivity index (χ3v) is 14.3. The number of rotatable bonds is 26. The molecule has 1 saturated heterocycles. The maximum absolute atomic E-state index is 13.5. The number of hydrogen-bond donors (Lipinski definition) is 12. The van der Waals surface area contributed by atoms with Crippen LogP contribution in [0.3, 0.4) is 0 Å². The standard InChI is InChI=1S/C48H70BN11O13/c1-6-7-8-25-9-11-26(12-10-25)27-13-15-28(16-14-27)40(66)55-30(19-20-61)41(67)57-38(51)44(70)54-24-36(63)60(5)32(17-18-37(64)65)43(69)58-39(52)45(71)56-31(23-35(50)62)42(68)59-46(53)49-72-34-22-29-21-33(47(29,2)3)48(34,4)73-49/h9-16,29-34,38-39,46,61H,6-8,17-24,51-53H2,1-5H3,(H2,50,62)(H,54,70)(H,55,66)(H,56,71)(H,57,67)(H,58,69)(H,59,68)(H,64,65)/t29-,30+,31-,32-,33-,34?,38-,39+,46+,48-/m0/s1. The van der Waals surface area contributed by atoms with E-state index in [1.165, 1.54) is 5.56 Å². The summed E-state index contributed by atoms with van der Waals surface area (Å²) in [6.07, 6.45) is -1.17. The first kappa shape index (κ1) is 57.4. The van der Waals surface area contributed by atoms with Crippen LogP contribution >= 0.6 is 0 Å². The van der Waals surface area contributed by atoms with Crippen LogP contribution in [0.2, 0.25) is 0 Å². The van der Waals surface area contributed by atoms with Gasteiger partial charge in [-0.25, -0.2) is 0 Å². The van der Waals surface area contributed by atoms with Gasteiger partial charge in [0.2, 0.25) is 29.5 Å². The number of aliphatic hydroxyl groups excluding tert-OH is 1. The third-order valence-electron chi connectivity index (χ3n) is 14.3. The van der Waals surface area contributed by atoms with E-state index >= 15 is 0 Å². The largest absolute Gasteiger partial charge is 0.497 e. The summed E-state index contributed by atoms with van der Waals surface area (Å²) in [5.41, 5.74) is 26.2. The molecule has 0 spiro atoms. The SMILES string of the molecule is CCCCc1ccc(-c2ccc(C(=O)N[C@H](CCO)C(=O)N[C@H](N)C(=O)NCC(=O)N(C)[C@@H](CCC(=O)O)C(=O)N[C@@H](N)C(=O)N[C@@H](CC(N)=O)C(=O)N[C@@H](N)B3OC4C[C@@H]5C[C@@H](C5(C)C)[C@]4(C)O3)cc2)cc1. The Hall–Kier alpha value is -6.51. The molecule has 2 bridgehead atoms. The van der Waals surface area contributed by atoms with Crippen molar-refractivity contribution in [1.29, 1.82) is 0 Å². The van der Waals surface area contributed by atoms with Gasteiger partial charge in [0.05, 0.1) is 24.7 Å². The Morgan fingerprint density at radius 2 is 1.38 bits per heavy atom. The van der Waals surface area contributed by atoms with Crippen molar-refractivity contribution < 1.29 is 62.7 Å². The number of carboxylic acid groups (broad SMARTS) is 1. The smallest absolute Gasteiger partial charge is 0.481 e. The zero-order chi connectivity index (χ0) is 53.9. The van der Waals surface area contributed by atoms with E-state index in [2.05, 4.69) is 64.8 Å². The number of aliphatic hydroxyl groups is 1. The van der Waals surface area contributed by atoms with Gasteiger partial charge in [-0.1, -0.05) is 63.6 Å². The number of amides is 8. The quantitative estimate of drug-likeness (QED) is 0.0352. The fourth-order valence-electron chi connectivity index (χ4n) is 9.72. The molecular formula is C48H70BN11O13. The van der Waals surface area contributed by atoms with Crippen LogP contribution in [0.5, 0.6) is 0 Å². The van der Waals surface area contributed by atoms with E-state index in [1.54, 1.807) is 24.3 Å². The molecule has 398 valence electrons. The number of aliphatic carboxylic acids is 1. The van der Waals surface area contributed by atoms with Gasteiger partial charge in [-0.2, -0.15) is 0 Å². The number of unbranched alkanes of at least 4 members (excludes halogenated alkanes) is 1. The zero-order valence-electron chi connectivity index (χ0n) is 41.8. The molecule has 73 heavy (non-hydrogen) atoms. The second kappa shape index (κ2) is 24.9. The lowest BCUT2D eigenvalue weighted by Gasteiger charge is -2.64. The van der Waals surface area contributed by atoms with Crippen molar-refractivity contribution in [2.75, 3.05) is 20.2 Å². The number of aryl methyl sites for hydroxylation is 1. The van der Waals surface area contributed by atoms with Gasteiger partial charge < -0.3 is 79.3 Å². The molecule has 0 aromatic heterocycles. The molecule has 8 amide bonds. The number of carbonyl (C=O) groups excluding carboxylic acids is 8. The van der Waals surface area contributed by atoms with Gasteiger partial charge in [-0.3, -0.25) is 43.2 Å². The lowest BCUT2D eigenvalue weighted by atomic mass is 9.43. The predicted octanol–water partition coefficient (Wildman–Crippen LogP) is -2.18. The summed E-state index contributed by atoms with van der Waals surface area (Å²) in [5.74, 6) is -8.52. The van der Waals surface area contributed by atoms with Crippen molar-refractivity contribution in [1.82, 2.24) is 36.8 Å². The number of carboxylic acids is 1. The Morgan fingerprint density at radius 3 is 1.97 bits per heavy atom. The summed E-state index contributed by atoms with van der Waals surface area (Å²) in [4.78, 5) is 117. The molecule has 1 aliphatic heterocycles. The molecule has 24 nitrogen and oxygen atoms in total. The molecule has 3 aliphatic carbocycles. The van der Waals surface area contributed by atoms with E-state index in [1.807, 2.05) is 19.1 Å². The van der Waals surface area contributed by atoms with E-state index < -0.39 is 135 Å². The maximum atomic E-state index is 13.5. The van der Waals surface area contributed by atoms with E-state index in [-0.39, 0.29) is 29.4 Å². The van der Waals surface area contributed by atoms with Gasteiger partial charge in [0, 0.05) is 25.6 Å². The topological polar surface area (TPSA) is 392 Å². The number of primary amides is 1. The summed E-state index contributed by atoms with van der Waals surface area (Å²) in [6, 6.07) is 9.00. The molecule has 16 N–H and O–H groups in total. The van der Waals surface area contributed by atoms with E-state index in [9.17, 15) is 53.4 Å². The first-order chi connectivity index (χ1) is 34.4. The molecule has 0 radical (unpaired) electrons. The van der Waals surface area contributed by atoms with E-state index in [0.717, 1.165) is 55.2 Å². The molecule has 1 heterocycles. The third kappa shape index (κ3) is 14.4. The normalized spacial score (nSPS) is 21.8. The minimum atomic E-state index is -1.93. The number of benzene rings is 2. The summed E-state index contributed by atoms with van der Waals surface area (Å²) >= 11 is 0. The molecule has 4 fully saturated rings. The summed E-state index contributed by atoms with van der Waals surface area (Å²) < 4.78 is 12.4. The molecule has 4 aliphatic rings. The number of nitrogens with one attached hydrogen (secondary N) is 6. The van der Waals surface area contributed by atoms with Crippen LogP contribution in [0.4, 0.5) is 0 Å². The fraction of sp³-hybridized carbons (Fsp3) is 0.562. The second-order valence-electron chi connectivity index (χ2n) is 19.7. The highest BCUT2D eigenvalue weighted by molar-refractivity contribution is 6.47. The van der Waals surface area contributed by atoms with Crippen molar-refractivity contribution in [3.8, 4) is 11.1 Å². The lowest BCUT2D eigenvalue weighted by Crippen LogP contribution is -2.65. The van der Waals surface area contributed by atoms with Gasteiger partial charge in [0.25, 0.3) is 17.7 Å². The van der Waals surface area contributed by atoms with Gasteiger partial charge in [-0.05, 0) is 91.5 Å². The predicted molar refractivity (Wildman–Crippen MR) is 264 cm³/mol. The summed E-state index contributed by atoms with van der Waals surface area (Å²) in [5, 5.41) is 32.9. The molecule has 25 heteroatoms. The van der Waals surface area contributed by atoms with Crippen LogP contribution in [0.25, 0.3) is 11.1 Å². The number of nitrogens with zero attached hydrogens (tertiary/aromatic N) is 1. The Bertz CT molecular complexity index is 2360. The molecule has 2 aromatic carbocycles. The highest BCUT2D eigenvalue weighted by Gasteiger charge is 2.68. The summed E-state index contributed by atoms with van der Waals surface area (Å²) in [6.45, 7) is 7.10. The molecule has 3 saturated carbocycles. The summed E-state index contributed by atoms with van der Waals surface area (Å²) in [7, 11) is 0.0628. The highest BCUT2D eigenvalue weighted by atomic mass is 16.7. The number of nitrogens with two attached hydrogens (primary N) is 4. The molecular weight excluding hydrogens is 949 g/mol. The average Bonchev–Trinajstić information content (AvgIpc) is 3.72. The minimum Gasteiger partial charge on any atom is -0.481 e. The minimum absolute atomic E-state index is 0.0343. The number of hydrogen-bond acceptors (Lipinski definition) is 15. The van der Waals surface area contributed by atoms with Crippen molar-refractivity contribution >= 4 is 60.3 Å². The van der Waals surface area contributed by atoms with Crippen LogP contribution < -0.4 is 54.8 Å². The van der Waals surface area contributed by atoms with Gasteiger partial charge in [0.1, 0.15) is 24.2 Å². The molecule has 1 unspecified atom stereocenters. The fourth-order valence-corrected chi connectivity index (χ4v) is 9.72. The van der Waals surface area contributed by atoms with Crippen LogP contribution in [-0.2, 0) is 54.1 Å². The monoisotopic (exact) mass is 1020 g/mol. The molecule has 2 aromatic rings. The average molecular weight is 1020 g/mol. The van der Waals surface area contributed by atoms with E-state index in [4.69, 9.17) is 32.2 Å². The Labute approximate surface area is 423 Å². The Balaban J connectivity index is 1.11. The van der Waals surface area contributed by atoms with Crippen LogP contribution in [0, 0.1) is 17.3 Å². The Morgan fingerprint density at radius 1 is 0.781 bits per heavy atom. The molecule has 10 atom stereocenters. The second-order valence-corrected chi connectivity index (χ2v) is 19.7. The maximum Gasteiger partial charge on any atom is 0.497 e. The first-order valence-electron chi connectivity index (χ1n) is 24.4. The van der Waals surface area contributed by atoms with Crippen molar-refractivity contribution in [3.05, 3.63) is 59.7 Å². The first-order valence-corrected chi connectivity index (χ1v) is 24.4. The van der Waals surface area contributed by atoms with Crippen molar-refractivity contribution in [2.24, 2.45) is 40.2 Å². The van der Waals surface area contributed by atoms with Crippen LogP contribution in [0.1, 0.15) is 95.0 Å². The van der Waals surface area contributed by atoms with E-state index in [0.29, 0.717) is 5.92 Å². The zero-order valence-corrected chi connectivity index (χ0v) is 41.8. The van der Waals surface area contributed by atoms with Crippen LogP contribution in [-0.4, -0.2) is 144 Å². The number of carbonyl (C=O) groups is 9. The van der Waals surface area contributed by atoms with Crippen molar-refractivity contribution in [2.45, 2.75) is 134 Å². The van der Waals surface area contributed by atoms with Gasteiger partial charge in [-0.15, -0.1) is 0 Å². The highest BCUT2D eigenvalue weighted by Crippen LogP contribution is 2.65. The Kier molecular flexibility index (Phi) is 19.6. The number of likely N-dealkylation sites (N-methyl/N-ethyl adjacent to an activating group) is 1.